The van der Waals surface area contributed by atoms with E-state index in [1.165, 1.54) is 15.6 Å². The summed E-state index contributed by atoms with van der Waals surface area (Å²) in [5, 5.41) is 2.72. The molecule has 2 aliphatic heterocycles. The fraction of sp³-hybridized carbons (Fsp3) is 0.455. The number of thiophene rings is 1. The third-order valence-corrected chi connectivity index (χ3v) is 10.6. The minimum atomic E-state index is -3.52. The van der Waals surface area contributed by atoms with Crippen LogP contribution >= 0.6 is 22.7 Å². The third-order valence-electron chi connectivity index (χ3n) is 6.27. The molecule has 4 heterocycles. The SMILES string of the molecule is COc1ccc2nc(N3CCN(C(=O)C4CCCN(S(=O)(=O)c5cccs5)C4)CC3)sc2c1. The summed E-state index contributed by atoms with van der Waals surface area (Å²) in [6, 6.07) is 9.24. The molecular formula is C22H26N4O4S3. The second-order valence-corrected chi connectivity index (χ2v) is 12.4. The Morgan fingerprint density at radius 1 is 1.15 bits per heavy atom. The van der Waals surface area contributed by atoms with Crippen LogP contribution < -0.4 is 9.64 Å². The van der Waals surface area contributed by atoms with Crippen molar-refractivity contribution in [2.75, 3.05) is 51.3 Å². The van der Waals surface area contributed by atoms with Gasteiger partial charge < -0.3 is 14.5 Å². The average molecular weight is 507 g/mol. The molecule has 176 valence electrons. The summed E-state index contributed by atoms with van der Waals surface area (Å²) >= 11 is 2.85. The molecule has 8 nitrogen and oxygen atoms in total. The van der Waals surface area contributed by atoms with Crippen LogP contribution in [0.3, 0.4) is 0 Å². The average Bonchev–Trinajstić information content (AvgIpc) is 3.54. The molecule has 3 aromatic rings. The molecule has 0 radical (unpaired) electrons. The highest BCUT2D eigenvalue weighted by Gasteiger charge is 2.36. The van der Waals surface area contributed by atoms with E-state index in [1.807, 2.05) is 23.1 Å². The summed E-state index contributed by atoms with van der Waals surface area (Å²) < 4.78 is 34.0. The van der Waals surface area contributed by atoms with E-state index in [4.69, 9.17) is 9.72 Å². The minimum Gasteiger partial charge on any atom is -0.497 e. The number of carbonyl (C=O) groups excluding carboxylic acids is 1. The summed E-state index contributed by atoms with van der Waals surface area (Å²) in [5.41, 5.74) is 0.948. The summed E-state index contributed by atoms with van der Waals surface area (Å²) in [4.78, 5) is 22.1. The number of anilines is 1. The van der Waals surface area contributed by atoms with Crippen LogP contribution in [0.5, 0.6) is 5.75 Å². The highest BCUT2D eigenvalue weighted by Crippen LogP contribution is 2.32. The lowest BCUT2D eigenvalue weighted by Crippen LogP contribution is -2.53. The zero-order valence-corrected chi connectivity index (χ0v) is 20.8. The molecule has 0 aliphatic carbocycles. The number of hydrogen-bond donors (Lipinski definition) is 0. The maximum atomic E-state index is 13.2. The lowest BCUT2D eigenvalue weighted by molar-refractivity contribution is -0.137. The molecule has 33 heavy (non-hydrogen) atoms. The molecule has 2 aliphatic rings. The lowest BCUT2D eigenvalue weighted by Gasteiger charge is -2.38. The summed E-state index contributed by atoms with van der Waals surface area (Å²) in [7, 11) is -1.87. The van der Waals surface area contributed by atoms with Crippen LogP contribution in [0.4, 0.5) is 5.13 Å². The van der Waals surface area contributed by atoms with Gasteiger partial charge in [0.15, 0.2) is 5.13 Å². The van der Waals surface area contributed by atoms with Crippen LogP contribution in [0.2, 0.25) is 0 Å². The molecule has 1 atom stereocenters. The van der Waals surface area contributed by atoms with Crippen molar-refractivity contribution in [3.8, 4) is 5.75 Å². The number of methoxy groups -OCH3 is 1. The van der Waals surface area contributed by atoms with Crippen LogP contribution in [0.15, 0.2) is 39.9 Å². The lowest BCUT2D eigenvalue weighted by atomic mass is 9.98. The molecule has 0 saturated carbocycles. The number of piperidine rings is 1. The van der Waals surface area contributed by atoms with E-state index in [0.717, 1.165) is 27.5 Å². The zero-order chi connectivity index (χ0) is 23.0. The van der Waals surface area contributed by atoms with E-state index >= 15 is 0 Å². The third kappa shape index (κ3) is 4.46. The van der Waals surface area contributed by atoms with Crippen molar-refractivity contribution in [1.82, 2.24) is 14.2 Å². The van der Waals surface area contributed by atoms with Gasteiger partial charge in [-0.1, -0.05) is 17.4 Å². The fourth-order valence-corrected chi connectivity index (χ4v) is 8.15. The number of aromatic nitrogens is 1. The number of amides is 1. The van der Waals surface area contributed by atoms with Gasteiger partial charge in [-0.05, 0) is 42.5 Å². The van der Waals surface area contributed by atoms with E-state index < -0.39 is 10.0 Å². The molecule has 1 unspecified atom stereocenters. The molecule has 1 amide bonds. The van der Waals surface area contributed by atoms with Crippen molar-refractivity contribution in [3.05, 3.63) is 35.7 Å². The molecular weight excluding hydrogens is 480 g/mol. The first-order valence-electron chi connectivity index (χ1n) is 11.0. The van der Waals surface area contributed by atoms with Crippen LogP contribution in [0.25, 0.3) is 10.2 Å². The van der Waals surface area contributed by atoms with Crippen molar-refractivity contribution in [2.45, 2.75) is 17.1 Å². The molecule has 1 aromatic carbocycles. The smallest absolute Gasteiger partial charge is 0.252 e. The molecule has 2 aromatic heterocycles. The van der Waals surface area contributed by atoms with Gasteiger partial charge in [0.1, 0.15) is 9.96 Å². The van der Waals surface area contributed by atoms with Gasteiger partial charge in [-0.25, -0.2) is 13.4 Å². The van der Waals surface area contributed by atoms with Crippen molar-refractivity contribution in [3.63, 3.8) is 0 Å². The maximum absolute atomic E-state index is 13.2. The number of carbonyl (C=O) groups is 1. The van der Waals surface area contributed by atoms with Gasteiger partial charge in [-0.3, -0.25) is 4.79 Å². The van der Waals surface area contributed by atoms with E-state index in [1.54, 1.807) is 36.0 Å². The Bertz CT molecular complexity index is 1230. The topological polar surface area (TPSA) is 83.1 Å². The Morgan fingerprint density at radius 3 is 2.70 bits per heavy atom. The van der Waals surface area contributed by atoms with Crippen LogP contribution in [0, 0.1) is 5.92 Å². The number of piperazine rings is 1. The van der Waals surface area contributed by atoms with Gasteiger partial charge in [0.25, 0.3) is 10.0 Å². The Balaban J connectivity index is 1.21. The second kappa shape index (κ2) is 9.21. The van der Waals surface area contributed by atoms with E-state index in [-0.39, 0.29) is 18.4 Å². The molecule has 2 fully saturated rings. The van der Waals surface area contributed by atoms with Crippen molar-refractivity contribution >= 4 is 54.0 Å². The zero-order valence-electron chi connectivity index (χ0n) is 18.3. The molecule has 0 spiro atoms. The van der Waals surface area contributed by atoms with E-state index in [9.17, 15) is 13.2 Å². The van der Waals surface area contributed by atoms with Gasteiger partial charge in [-0.2, -0.15) is 4.31 Å². The van der Waals surface area contributed by atoms with Crippen LogP contribution in [-0.2, 0) is 14.8 Å². The monoisotopic (exact) mass is 506 g/mol. The molecule has 0 bridgehead atoms. The highest BCUT2D eigenvalue weighted by atomic mass is 32.2. The first-order chi connectivity index (χ1) is 16.0. The Labute approximate surface area is 201 Å². The number of thiazole rings is 1. The van der Waals surface area contributed by atoms with Gasteiger partial charge in [0, 0.05) is 39.3 Å². The Hall–Kier alpha value is -2.21. The van der Waals surface area contributed by atoms with E-state index in [2.05, 4.69) is 4.90 Å². The summed E-state index contributed by atoms with van der Waals surface area (Å²) in [6.45, 7) is 3.40. The summed E-state index contributed by atoms with van der Waals surface area (Å²) in [6.07, 6.45) is 1.44. The highest BCUT2D eigenvalue weighted by molar-refractivity contribution is 7.91. The van der Waals surface area contributed by atoms with Crippen molar-refractivity contribution in [2.24, 2.45) is 5.92 Å². The van der Waals surface area contributed by atoms with Gasteiger partial charge in [0.2, 0.25) is 5.91 Å². The molecule has 5 rings (SSSR count). The number of nitrogens with zero attached hydrogens (tertiary/aromatic N) is 4. The van der Waals surface area contributed by atoms with Gasteiger partial charge in [-0.15, -0.1) is 11.3 Å². The van der Waals surface area contributed by atoms with Crippen molar-refractivity contribution in [1.29, 1.82) is 0 Å². The number of hydrogen-bond acceptors (Lipinski definition) is 8. The first-order valence-corrected chi connectivity index (χ1v) is 14.1. The minimum absolute atomic E-state index is 0.0646. The second-order valence-electron chi connectivity index (χ2n) is 8.28. The first kappa shape index (κ1) is 22.6. The largest absolute Gasteiger partial charge is 0.497 e. The quantitative estimate of drug-likeness (QED) is 0.529. The van der Waals surface area contributed by atoms with Crippen molar-refractivity contribution < 1.29 is 17.9 Å². The number of rotatable bonds is 5. The predicted octanol–water partition coefficient (Wildman–Crippen LogP) is 3.12. The number of benzene rings is 1. The maximum Gasteiger partial charge on any atom is 0.252 e. The standard InChI is InChI=1S/C22H26N4O4S3/c1-30-17-6-7-18-19(14-17)32-22(23-18)25-11-9-24(10-12-25)21(27)16-4-2-8-26(15-16)33(28,29)20-5-3-13-31-20/h3,5-7,13-14,16H,2,4,8-12,15H2,1H3. The molecule has 11 heteroatoms. The van der Waals surface area contributed by atoms with E-state index in [0.29, 0.717) is 43.4 Å². The predicted molar refractivity (Wildman–Crippen MR) is 131 cm³/mol. The van der Waals surface area contributed by atoms with Gasteiger partial charge >= 0.3 is 0 Å². The fourth-order valence-electron chi connectivity index (χ4n) is 4.43. The van der Waals surface area contributed by atoms with Crippen LogP contribution in [0.1, 0.15) is 12.8 Å². The normalized spacial score (nSPS) is 20.3. The Kier molecular flexibility index (Phi) is 6.30. The summed E-state index contributed by atoms with van der Waals surface area (Å²) in [5.74, 6) is 0.598. The Morgan fingerprint density at radius 2 is 1.97 bits per heavy atom. The number of fused-ring (bicyclic) bond motifs is 1. The van der Waals surface area contributed by atoms with Gasteiger partial charge in [0.05, 0.1) is 23.2 Å². The van der Waals surface area contributed by atoms with Crippen LogP contribution in [-0.4, -0.2) is 74.9 Å². The molecule has 2 saturated heterocycles. The number of sulfonamides is 1. The molecule has 0 N–H and O–H groups in total. The number of ether oxygens (including phenoxy) is 1.